The predicted octanol–water partition coefficient (Wildman–Crippen LogP) is -0.108. The SMILES string of the molecule is O=S1(=O)CCC(S(=O)(=O)N2C3CCC2c2cnc(N4CCOCC4)nc2C3)C1. The second kappa shape index (κ2) is 6.61. The fourth-order valence-electron chi connectivity index (χ4n) is 4.89. The van der Waals surface area contributed by atoms with Crippen molar-refractivity contribution in [3.8, 4) is 0 Å². The van der Waals surface area contributed by atoms with E-state index < -0.39 is 25.1 Å². The molecule has 1 aromatic heterocycles. The molecule has 0 N–H and O–H groups in total. The Balaban J connectivity index is 1.44. The first-order valence-electron chi connectivity index (χ1n) is 9.76. The quantitative estimate of drug-likeness (QED) is 0.656. The van der Waals surface area contributed by atoms with Crippen molar-refractivity contribution in [2.24, 2.45) is 0 Å². The van der Waals surface area contributed by atoms with Crippen molar-refractivity contribution in [2.75, 3.05) is 42.7 Å². The molecule has 0 saturated carbocycles. The van der Waals surface area contributed by atoms with E-state index in [1.54, 1.807) is 10.5 Å². The fourth-order valence-corrected chi connectivity index (χ4v) is 9.83. The van der Waals surface area contributed by atoms with Crippen molar-refractivity contribution in [1.82, 2.24) is 14.3 Å². The second-order valence-electron chi connectivity index (χ2n) is 8.02. The number of anilines is 1. The summed E-state index contributed by atoms with van der Waals surface area (Å²) < 4.78 is 57.1. The van der Waals surface area contributed by atoms with Crippen molar-refractivity contribution in [3.63, 3.8) is 0 Å². The normalized spacial score (nSPS) is 32.4. The summed E-state index contributed by atoms with van der Waals surface area (Å²) >= 11 is 0. The van der Waals surface area contributed by atoms with E-state index in [0.717, 1.165) is 37.2 Å². The number of ether oxygens (including phenoxy) is 1. The van der Waals surface area contributed by atoms with Crippen LogP contribution in [0.25, 0.3) is 0 Å². The molecule has 28 heavy (non-hydrogen) atoms. The Bertz CT molecular complexity index is 991. The lowest BCUT2D eigenvalue weighted by Gasteiger charge is -2.36. The topological polar surface area (TPSA) is 110 Å². The molecule has 0 aliphatic carbocycles. The number of morpholine rings is 1. The van der Waals surface area contributed by atoms with Gasteiger partial charge >= 0.3 is 0 Å². The van der Waals surface area contributed by atoms with Crippen molar-refractivity contribution >= 4 is 25.8 Å². The number of rotatable bonds is 3. The summed E-state index contributed by atoms with van der Waals surface area (Å²) in [6, 6.07) is -0.418. The fraction of sp³-hybridized carbons (Fsp3) is 0.765. The molecule has 0 amide bonds. The third-order valence-electron chi connectivity index (χ3n) is 6.32. The van der Waals surface area contributed by atoms with Gasteiger partial charge in [0.25, 0.3) is 0 Å². The van der Waals surface area contributed by atoms with Gasteiger partial charge in [-0.05, 0) is 19.3 Å². The third-order valence-corrected chi connectivity index (χ3v) is 10.7. The molecule has 9 nitrogen and oxygen atoms in total. The minimum Gasteiger partial charge on any atom is -0.378 e. The van der Waals surface area contributed by atoms with Crippen LogP contribution in [0.2, 0.25) is 0 Å². The summed E-state index contributed by atoms with van der Waals surface area (Å²) in [7, 11) is -6.93. The zero-order valence-corrected chi connectivity index (χ0v) is 17.2. The average molecular weight is 429 g/mol. The van der Waals surface area contributed by atoms with E-state index in [2.05, 4.69) is 9.88 Å². The van der Waals surface area contributed by atoms with Crippen molar-refractivity contribution in [2.45, 2.75) is 43.0 Å². The maximum Gasteiger partial charge on any atom is 0.225 e. The van der Waals surface area contributed by atoms with E-state index in [9.17, 15) is 16.8 Å². The molecule has 4 aliphatic rings. The van der Waals surface area contributed by atoms with Crippen LogP contribution in [0.3, 0.4) is 0 Å². The van der Waals surface area contributed by atoms with Gasteiger partial charge in [-0.1, -0.05) is 0 Å². The number of hydrogen-bond donors (Lipinski definition) is 0. The van der Waals surface area contributed by atoms with Crippen LogP contribution in [0.4, 0.5) is 5.95 Å². The summed E-state index contributed by atoms with van der Waals surface area (Å²) in [5, 5.41) is -0.823. The second-order valence-corrected chi connectivity index (χ2v) is 12.4. The van der Waals surface area contributed by atoms with Gasteiger partial charge in [0, 0.05) is 37.3 Å². The van der Waals surface area contributed by atoms with Crippen molar-refractivity contribution in [3.05, 3.63) is 17.5 Å². The number of nitrogens with zero attached hydrogens (tertiary/aromatic N) is 4. The summed E-state index contributed by atoms with van der Waals surface area (Å²) in [6.07, 6.45) is 4.03. The van der Waals surface area contributed by atoms with Crippen LogP contribution >= 0.6 is 0 Å². The summed E-state index contributed by atoms with van der Waals surface area (Å²) in [4.78, 5) is 11.4. The molecule has 3 atom stereocenters. The molecule has 3 saturated heterocycles. The van der Waals surface area contributed by atoms with Crippen molar-refractivity contribution < 1.29 is 21.6 Å². The van der Waals surface area contributed by atoms with Crippen LogP contribution < -0.4 is 4.90 Å². The van der Waals surface area contributed by atoms with Crippen LogP contribution in [0.15, 0.2) is 6.20 Å². The van der Waals surface area contributed by atoms with Gasteiger partial charge in [-0.3, -0.25) is 0 Å². The van der Waals surface area contributed by atoms with E-state index >= 15 is 0 Å². The minimum atomic E-state index is -3.67. The third kappa shape index (κ3) is 3.03. The lowest BCUT2D eigenvalue weighted by atomic mass is 10.0. The van der Waals surface area contributed by atoms with Gasteiger partial charge in [-0.25, -0.2) is 26.8 Å². The van der Waals surface area contributed by atoms with Gasteiger partial charge in [0.2, 0.25) is 16.0 Å². The Morgan fingerprint density at radius 3 is 2.64 bits per heavy atom. The van der Waals surface area contributed by atoms with E-state index in [-0.39, 0.29) is 30.0 Å². The highest BCUT2D eigenvalue weighted by Crippen LogP contribution is 2.46. The number of fused-ring (bicyclic) bond motifs is 4. The molecule has 5 heterocycles. The first-order valence-corrected chi connectivity index (χ1v) is 13.1. The Labute approximate surface area is 165 Å². The first-order chi connectivity index (χ1) is 13.4. The van der Waals surface area contributed by atoms with Gasteiger partial charge in [0.05, 0.1) is 41.7 Å². The van der Waals surface area contributed by atoms with E-state index in [4.69, 9.17) is 9.72 Å². The number of hydrogen-bond acceptors (Lipinski definition) is 8. The maximum atomic E-state index is 13.3. The van der Waals surface area contributed by atoms with Crippen LogP contribution in [0.5, 0.6) is 0 Å². The highest BCUT2D eigenvalue weighted by molar-refractivity contribution is 7.95. The minimum absolute atomic E-state index is 0.0390. The molecule has 3 fully saturated rings. The monoisotopic (exact) mass is 428 g/mol. The molecule has 11 heteroatoms. The van der Waals surface area contributed by atoms with Gasteiger partial charge < -0.3 is 9.64 Å². The van der Waals surface area contributed by atoms with Gasteiger partial charge in [0.1, 0.15) is 0 Å². The lowest BCUT2D eigenvalue weighted by Crippen LogP contribution is -2.47. The molecule has 4 aliphatic heterocycles. The average Bonchev–Trinajstić information content (AvgIpc) is 3.22. The van der Waals surface area contributed by atoms with Crippen molar-refractivity contribution in [1.29, 1.82) is 0 Å². The Morgan fingerprint density at radius 2 is 1.93 bits per heavy atom. The molecule has 3 unspecified atom stereocenters. The largest absolute Gasteiger partial charge is 0.378 e. The smallest absolute Gasteiger partial charge is 0.225 e. The van der Waals surface area contributed by atoms with Crippen LogP contribution in [-0.2, 0) is 31.0 Å². The number of aromatic nitrogens is 2. The standard InChI is InChI=1S/C17H24N4O5S2/c22-27(23)8-3-13(11-27)28(24,25)21-12-1-2-16(21)14-10-18-17(19-15(14)9-12)20-4-6-26-7-5-20/h10,12-13,16H,1-9,11H2. The lowest BCUT2D eigenvalue weighted by molar-refractivity contribution is 0.122. The highest BCUT2D eigenvalue weighted by Gasteiger charge is 2.51. The number of sulfonamides is 1. The predicted molar refractivity (Wildman–Crippen MR) is 102 cm³/mol. The molecule has 1 aromatic rings. The molecule has 0 spiro atoms. The summed E-state index contributed by atoms with van der Waals surface area (Å²) in [6.45, 7) is 2.81. The summed E-state index contributed by atoms with van der Waals surface area (Å²) in [5.41, 5.74) is 1.80. The molecular formula is C17H24N4O5S2. The van der Waals surface area contributed by atoms with Gasteiger partial charge in [-0.15, -0.1) is 0 Å². The first kappa shape index (κ1) is 18.7. The molecule has 5 rings (SSSR count). The van der Waals surface area contributed by atoms with Crippen LogP contribution in [-0.4, -0.2) is 80.2 Å². The molecular weight excluding hydrogens is 404 g/mol. The zero-order valence-electron chi connectivity index (χ0n) is 15.5. The van der Waals surface area contributed by atoms with E-state index in [1.807, 2.05) is 0 Å². The van der Waals surface area contributed by atoms with E-state index in [1.165, 1.54) is 0 Å². The van der Waals surface area contributed by atoms with Crippen LogP contribution in [0.1, 0.15) is 36.6 Å². The Kier molecular flexibility index (Phi) is 4.42. The van der Waals surface area contributed by atoms with Gasteiger partial charge in [-0.2, -0.15) is 4.31 Å². The highest BCUT2D eigenvalue weighted by atomic mass is 32.2. The Hall–Kier alpha value is -1.30. The van der Waals surface area contributed by atoms with E-state index in [0.29, 0.717) is 25.6 Å². The van der Waals surface area contributed by atoms with Gasteiger partial charge in [0.15, 0.2) is 9.84 Å². The molecule has 0 aromatic carbocycles. The Morgan fingerprint density at radius 1 is 1.14 bits per heavy atom. The van der Waals surface area contributed by atoms with Crippen LogP contribution in [0, 0.1) is 0 Å². The molecule has 0 radical (unpaired) electrons. The zero-order chi connectivity index (χ0) is 19.5. The maximum absolute atomic E-state index is 13.3. The molecule has 154 valence electrons. The summed E-state index contributed by atoms with van der Waals surface area (Å²) in [5.74, 6) is 0.382. The number of sulfone groups is 1. The molecule has 2 bridgehead atoms.